The largest absolute Gasteiger partial charge is 0.350 e. The second kappa shape index (κ2) is 7.45. The summed E-state index contributed by atoms with van der Waals surface area (Å²) in [6.07, 6.45) is 1.78. The standard InChI is InChI=1S/C21H23N3O/c1-15-8-10-16(11-9-15)20(24(2)3)21(25)23-14-17-12-13-22-19-7-5-4-6-18(17)19/h4-13,20H,14H2,1-3H3,(H,23,25)/t20-/m0/s1. The average molecular weight is 333 g/mol. The summed E-state index contributed by atoms with van der Waals surface area (Å²) in [5.74, 6) is -0.00486. The van der Waals surface area contributed by atoms with Gasteiger partial charge in [0.15, 0.2) is 0 Å². The van der Waals surface area contributed by atoms with E-state index in [4.69, 9.17) is 0 Å². The maximum atomic E-state index is 12.8. The predicted octanol–water partition coefficient (Wildman–Crippen LogP) is 3.46. The molecule has 0 saturated heterocycles. The Morgan fingerprint density at radius 3 is 2.52 bits per heavy atom. The fourth-order valence-corrected chi connectivity index (χ4v) is 3.02. The summed E-state index contributed by atoms with van der Waals surface area (Å²) in [5, 5.41) is 4.15. The van der Waals surface area contributed by atoms with Crippen molar-refractivity contribution in [1.29, 1.82) is 0 Å². The molecule has 25 heavy (non-hydrogen) atoms. The van der Waals surface area contributed by atoms with Gasteiger partial charge in [0.05, 0.1) is 5.52 Å². The van der Waals surface area contributed by atoms with Crippen molar-refractivity contribution in [3.8, 4) is 0 Å². The van der Waals surface area contributed by atoms with E-state index >= 15 is 0 Å². The van der Waals surface area contributed by atoms with Gasteiger partial charge in [0.25, 0.3) is 0 Å². The van der Waals surface area contributed by atoms with Crippen LogP contribution in [-0.4, -0.2) is 29.9 Å². The van der Waals surface area contributed by atoms with Crippen molar-refractivity contribution in [2.45, 2.75) is 19.5 Å². The van der Waals surface area contributed by atoms with Crippen molar-refractivity contribution in [3.05, 3.63) is 77.5 Å². The number of aryl methyl sites for hydroxylation is 1. The van der Waals surface area contributed by atoms with Crippen molar-refractivity contribution in [2.75, 3.05) is 14.1 Å². The van der Waals surface area contributed by atoms with Crippen LogP contribution < -0.4 is 5.32 Å². The fourth-order valence-electron chi connectivity index (χ4n) is 3.02. The molecule has 0 spiro atoms. The Labute approximate surface area is 148 Å². The Balaban J connectivity index is 1.78. The van der Waals surface area contributed by atoms with E-state index in [0.717, 1.165) is 22.0 Å². The number of nitrogens with zero attached hydrogens (tertiary/aromatic N) is 2. The van der Waals surface area contributed by atoms with Gasteiger partial charge in [-0.2, -0.15) is 0 Å². The number of pyridine rings is 1. The lowest BCUT2D eigenvalue weighted by atomic mass is 10.0. The minimum absolute atomic E-state index is 0.00486. The number of likely N-dealkylation sites (N-methyl/N-ethyl adjacent to an activating group) is 1. The van der Waals surface area contributed by atoms with E-state index in [0.29, 0.717) is 6.54 Å². The van der Waals surface area contributed by atoms with E-state index < -0.39 is 0 Å². The quantitative estimate of drug-likeness (QED) is 0.778. The second-order valence-electron chi connectivity index (χ2n) is 6.48. The lowest BCUT2D eigenvalue weighted by Gasteiger charge is -2.24. The van der Waals surface area contributed by atoms with Crippen LogP contribution in [0, 0.1) is 6.92 Å². The number of hydrogen-bond donors (Lipinski definition) is 1. The molecule has 0 aliphatic rings. The van der Waals surface area contributed by atoms with Gasteiger partial charge in [-0.25, -0.2) is 0 Å². The van der Waals surface area contributed by atoms with Gasteiger partial charge in [0, 0.05) is 18.1 Å². The first-order chi connectivity index (χ1) is 12.1. The van der Waals surface area contributed by atoms with E-state index in [-0.39, 0.29) is 11.9 Å². The van der Waals surface area contributed by atoms with Crippen LogP contribution in [0.15, 0.2) is 60.8 Å². The minimum atomic E-state index is -0.311. The highest BCUT2D eigenvalue weighted by Crippen LogP contribution is 2.20. The van der Waals surface area contributed by atoms with Gasteiger partial charge >= 0.3 is 0 Å². The molecule has 4 heteroatoms. The molecule has 1 atom stereocenters. The number of benzene rings is 2. The van der Waals surface area contributed by atoms with Crippen LogP contribution in [0.5, 0.6) is 0 Å². The third kappa shape index (κ3) is 3.86. The molecule has 1 amide bonds. The Bertz CT molecular complexity index is 866. The Hall–Kier alpha value is -2.72. The topological polar surface area (TPSA) is 45.2 Å². The van der Waals surface area contributed by atoms with E-state index in [9.17, 15) is 4.79 Å². The van der Waals surface area contributed by atoms with Gasteiger partial charge in [0.2, 0.25) is 5.91 Å². The van der Waals surface area contributed by atoms with Gasteiger partial charge in [-0.3, -0.25) is 14.7 Å². The van der Waals surface area contributed by atoms with E-state index in [1.165, 1.54) is 5.56 Å². The molecule has 0 unspecified atom stereocenters. The normalized spacial score (nSPS) is 12.3. The summed E-state index contributed by atoms with van der Waals surface area (Å²) in [7, 11) is 3.85. The molecular weight excluding hydrogens is 310 g/mol. The van der Waals surface area contributed by atoms with E-state index in [1.54, 1.807) is 6.20 Å². The zero-order valence-corrected chi connectivity index (χ0v) is 14.9. The SMILES string of the molecule is Cc1ccc([C@@H](C(=O)NCc2ccnc3ccccc23)N(C)C)cc1. The molecule has 1 heterocycles. The maximum absolute atomic E-state index is 12.8. The van der Waals surface area contributed by atoms with Crippen molar-refractivity contribution >= 4 is 16.8 Å². The van der Waals surface area contributed by atoms with Crippen LogP contribution in [0.2, 0.25) is 0 Å². The number of rotatable bonds is 5. The van der Waals surface area contributed by atoms with Crippen LogP contribution in [0.3, 0.4) is 0 Å². The number of amides is 1. The molecule has 1 N–H and O–H groups in total. The number of para-hydroxylation sites is 1. The zero-order chi connectivity index (χ0) is 17.8. The Kier molecular flexibility index (Phi) is 5.10. The van der Waals surface area contributed by atoms with Crippen LogP contribution in [0.4, 0.5) is 0 Å². The summed E-state index contributed by atoms with van der Waals surface area (Å²) >= 11 is 0. The molecule has 3 aromatic rings. The van der Waals surface area contributed by atoms with Gasteiger partial charge in [-0.15, -0.1) is 0 Å². The summed E-state index contributed by atoms with van der Waals surface area (Å²) in [4.78, 5) is 19.1. The second-order valence-corrected chi connectivity index (χ2v) is 6.48. The molecule has 0 saturated carbocycles. The molecule has 2 aromatic carbocycles. The minimum Gasteiger partial charge on any atom is -0.350 e. The van der Waals surface area contributed by atoms with Gasteiger partial charge in [-0.1, -0.05) is 48.0 Å². The molecule has 0 fully saturated rings. The molecular formula is C21H23N3O. The van der Waals surface area contributed by atoms with Crippen LogP contribution in [-0.2, 0) is 11.3 Å². The van der Waals surface area contributed by atoms with Crippen LogP contribution >= 0.6 is 0 Å². The van der Waals surface area contributed by atoms with Crippen molar-refractivity contribution in [3.63, 3.8) is 0 Å². The number of hydrogen-bond acceptors (Lipinski definition) is 3. The molecule has 0 bridgehead atoms. The first-order valence-electron chi connectivity index (χ1n) is 8.39. The number of carbonyl (C=O) groups is 1. The molecule has 0 radical (unpaired) electrons. The average Bonchev–Trinajstić information content (AvgIpc) is 2.61. The smallest absolute Gasteiger partial charge is 0.242 e. The third-order valence-electron chi connectivity index (χ3n) is 4.35. The summed E-state index contributed by atoms with van der Waals surface area (Å²) in [6, 6.07) is 17.7. The first kappa shape index (κ1) is 17.1. The van der Waals surface area contributed by atoms with E-state index in [2.05, 4.69) is 10.3 Å². The number of fused-ring (bicyclic) bond motifs is 1. The fraction of sp³-hybridized carbons (Fsp3) is 0.238. The Morgan fingerprint density at radius 1 is 1.08 bits per heavy atom. The highest BCUT2D eigenvalue weighted by Gasteiger charge is 2.22. The van der Waals surface area contributed by atoms with Crippen molar-refractivity contribution in [1.82, 2.24) is 15.2 Å². The predicted molar refractivity (Wildman–Crippen MR) is 101 cm³/mol. The number of carbonyl (C=O) groups excluding carboxylic acids is 1. The van der Waals surface area contributed by atoms with Gasteiger partial charge in [-0.05, 0) is 44.3 Å². The molecule has 3 rings (SSSR count). The van der Waals surface area contributed by atoms with Gasteiger partial charge < -0.3 is 5.32 Å². The molecule has 0 aliphatic heterocycles. The highest BCUT2D eigenvalue weighted by molar-refractivity contribution is 5.85. The zero-order valence-electron chi connectivity index (χ0n) is 14.9. The van der Waals surface area contributed by atoms with Crippen molar-refractivity contribution < 1.29 is 4.79 Å². The number of aromatic nitrogens is 1. The molecule has 1 aromatic heterocycles. The Morgan fingerprint density at radius 2 is 1.80 bits per heavy atom. The first-order valence-corrected chi connectivity index (χ1v) is 8.39. The third-order valence-corrected chi connectivity index (χ3v) is 4.35. The van der Waals surface area contributed by atoms with E-state index in [1.807, 2.05) is 80.5 Å². The molecule has 128 valence electrons. The van der Waals surface area contributed by atoms with Crippen LogP contribution in [0.1, 0.15) is 22.7 Å². The molecule has 0 aliphatic carbocycles. The summed E-state index contributed by atoms with van der Waals surface area (Å²) in [5.41, 5.74) is 4.19. The summed E-state index contributed by atoms with van der Waals surface area (Å²) in [6.45, 7) is 2.53. The van der Waals surface area contributed by atoms with Crippen molar-refractivity contribution in [2.24, 2.45) is 0 Å². The molecule has 4 nitrogen and oxygen atoms in total. The highest BCUT2D eigenvalue weighted by atomic mass is 16.2. The lowest BCUT2D eigenvalue weighted by Crippen LogP contribution is -2.36. The lowest BCUT2D eigenvalue weighted by molar-refractivity contribution is -0.125. The monoisotopic (exact) mass is 333 g/mol. The number of nitrogens with one attached hydrogen (secondary N) is 1. The maximum Gasteiger partial charge on any atom is 0.242 e. The van der Waals surface area contributed by atoms with Gasteiger partial charge in [0.1, 0.15) is 6.04 Å². The van der Waals surface area contributed by atoms with Crippen LogP contribution in [0.25, 0.3) is 10.9 Å². The summed E-state index contributed by atoms with van der Waals surface area (Å²) < 4.78 is 0.